The number of carbonyl (C=O) groups is 1. The van der Waals surface area contributed by atoms with E-state index in [9.17, 15) is 4.79 Å². The molecule has 0 aliphatic heterocycles. The summed E-state index contributed by atoms with van der Waals surface area (Å²) in [5.41, 5.74) is 0.761. The predicted molar refractivity (Wildman–Crippen MR) is 128 cm³/mol. The van der Waals surface area contributed by atoms with Gasteiger partial charge in [-0.05, 0) is 65.9 Å². The largest absolute Gasteiger partial charge is 0.497 e. The molecule has 0 N–H and O–H groups in total. The van der Waals surface area contributed by atoms with Gasteiger partial charge in [-0.3, -0.25) is 4.79 Å². The Balaban J connectivity index is 1.73. The van der Waals surface area contributed by atoms with Gasteiger partial charge in [0.05, 0.1) is 7.11 Å². The Morgan fingerprint density at radius 1 is 0.700 bits per heavy atom. The van der Waals surface area contributed by atoms with Crippen molar-refractivity contribution in [3.8, 4) is 5.75 Å². The first kappa shape index (κ1) is 20.4. The molecule has 2 nitrogen and oxygen atoms in total. The van der Waals surface area contributed by atoms with Gasteiger partial charge in [0.15, 0.2) is 0 Å². The molecule has 0 radical (unpaired) electrons. The Hall–Kier alpha value is -2.87. The normalized spacial score (nSPS) is 10.7. The van der Waals surface area contributed by atoms with Gasteiger partial charge in [0.1, 0.15) is 5.75 Å². The molecule has 4 aromatic rings. The van der Waals surface area contributed by atoms with Crippen molar-refractivity contribution in [3.05, 3.63) is 115 Å². The second-order valence-corrected chi connectivity index (χ2v) is 9.82. The van der Waals surface area contributed by atoms with E-state index in [1.807, 2.05) is 54.6 Å². The average molecular weight is 428 g/mol. The Labute approximate surface area is 182 Å². The predicted octanol–water partition coefficient (Wildman–Crippen LogP) is 5.39. The Morgan fingerprint density at radius 2 is 1.23 bits per heavy atom. The Morgan fingerprint density at radius 3 is 1.80 bits per heavy atom. The number of rotatable bonds is 6. The maximum Gasteiger partial charge on any atom is 0.224 e. The first-order chi connectivity index (χ1) is 14.8. The second kappa shape index (κ2) is 9.75. The fourth-order valence-corrected chi connectivity index (χ4v) is 6.53. The summed E-state index contributed by atoms with van der Waals surface area (Å²) in [5, 5.41) is 3.59. The molecule has 0 amide bonds. The molecular weight excluding hydrogens is 407 g/mol. The molecule has 0 unspecified atom stereocenters. The van der Waals surface area contributed by atoms with Crippen molar-refractivity contribution < 1.29 is 9.53 Å². The van der Waals surface area contributed by atoms with E-state index in [-0.39, 0.29) is 5.12 Å². The molecule has 0 aliphatic carbocycles. The lowest BCUT2D eigenvalue weighted by molar-refractivity contribution is 0.109. The molecule has 0 aromatic heterocycles. The summed E-state index contributed by atoms with van der Waals surface area (Å²) < 4.78 is 5.22. The minimum Gasteiger partial charge on any atom is -0.497 e. The molecule has 0 heterocycles. The van der Waals surface area contributed by atoms with E-state index in [4.69, 9.17) is 4.74 Å². The second-order valence-electron chi connectivity index (χ2n) is 6.59. The first-order valence-electron chi connectivity index (χ1n) is 9.62. The fraction of sp³-hybridized carbons (Fsp3) is 0.0385. The lowest BCUT2D eigenvalue weighted by atomic mass is 10.2. The molecule has 0 atom stereocenters. The van der Waals surface area contributed by atoms with Crippen molar-refractivity contribution in [3.63, 3.8) is 0 Å². The Bertz CT molecular complexity index is 1070. The Kier molecular flexibility index (Phi) is 6.63. The number of hydrogen-bond donors (Lipinski definition) is 0. The maximum atomic E-state index is 13.3. The van der Waals surface area contributed by atoms with Gasteiger partial charge < -0.3 is 4.74 Å². The fourth-order valence-electron chi connectivity index (χ4n) is 3.23. The monoisotopic (exact) mass is 428 g/mol. The lowest BCUT2D eigenvalue weighted by Crippen LogP contribution is -2.24. The quantitative estimate of drug-likeness (QED) is 0.304. The van der Waals surface area contributed by atoms with Gasteiger partial charge in [-0.15, -0.1) is 0 Å². The van der Waals surface area contributed by atoms with E-state index in [2.05, 4.69) is 54.6 Å². The van der Waals surface area contributed by atoms with Crippen LogP contribution in [-0.4, -0.2) is 12.2 Å². The standard InChI is InChI=1S/C26H21O2PS/c1-28-20-16-18-23(19-17-20)30-26(27)24-14-8-9-15-25(24)29(21-10-4-2-5-11-21)22-12-6-3-7-13-22/h2-19H,1H3. The molecule has 4 rings (SSSR count). The molecule has 0 saturated heterocycles. The zero-order chi connectivity index (χ0) is 20.8. The third-order valence-electron chi connectivity index (χ3n) is 4.66. The molecule has 4 heteroatoms. The van der Waals surface area contributed by atoms with Gasteiger partial charge in [0.25, 0.3) is 0 Å². The zero-order valence-electron chi connectivity index (χ0n) is 16.6. The van der Waals surface area contributed by atoms with Crippen molar-refractivity contribution in [2.45, 2.75) is 4.90 Å². The van der Waals surface area contributed by atoms with Crippen LogP contribution in [0.1, 0.15) is 10.4 Å². The third kappa shape index (κ3) is 4.64. The summed E-state index contributed by atoms with van der Waals surface area (Å²) >= 11 is 1.25. The van der Waals surface area contributed by atoms with Gasteiger partial charge in [-0.25, -0.2) is 0 Å². The first-order valence-corrected chi connectivity index (χ1v) is 11.8. The summed E-state index contributed by atoms with van der Waals surface area (Å²) in [7, 11) is 0.802. The molecular formula is C26H21O2PS. The number of thioether (sulfide) groups is 1. The third-order valence-corrected chi connectivity index (χ3v) is 8.08. The van der Waals surface area contributed by atoms with E-state index in [0.717, 1.165) is 21.5 Å². The number of ether oxygens (including phenoxy) is 1. The molecule has 0 saturated carbocycles. The molecule has 30 heavy (non-hydrogen) atoms. The number of benzene rings is 4. The van der Waals surface area contributed by atoms with Crippen LogP contribution in [0.3, 0.4) is 0 Å². The number of methoxy groups -OCH3 is 1. The minimum absolute atomic E-state index is 0.0510. The summed E-state index contributed by atoms with van der Waals surface area (Å²) in [6.07, 6.45) is 0. The minimum atomic E-state index is -0.836. The van der Waals surface area contributed by atoms with Crippen LogP contribution in [0, 0.1) is 0 Å². The van der Waals surface area contributed by atoms with Gasteiger partial charge in [-0.1, -0.05) is 78.9 Å². The van der Waals surface area contributed by atoms with Gasteiger partial charge in [0.2, 0.25) is 5.12 Å². The van der Waals surface area contributed by atoms with Crippen molar-refractivity contribution >= 4 is 40.7 Å². The van der Waals surface area contributed by atoms with E-state index in [1.165, 1.54) is 22.4 Å². The molecule has 0 bridgehead atoms. The molecule has 148 valence electrons. The molecule has 0 aliphatic rings. The van der Waals surface area contributed by atoms with Crippen molar-refractivity contribution in [1.82, 2.24) is 0 Å². The topological polar surface area (TPSA) is 26.3 Å². The SMILES string of the molecule is COc1ccc(SC(=O)c2ccccc2P(c2ccccc2)c2ccccc2)cc1. The van der Waals surface area contributed by atoms with E-state index in [0.29, 0.717) is 0 Å². The van der Waals surface area contributed by atoms with Crippen LogP contribution < -0.4 is 20.7 Å². The van der Waals surface area contributed by atoms with Gasteiger partial charge in [0, 0.05) is 10.5 Å². The highest BCUT2D eigenvalue weighted by Crippen LogP contribution is 2.35. The van der Waals surface area contributed by atoms with Crippen LogP contribution in [0.5, 0.6) is 5.75 Å². The lowest BCUT2D eigenvalue weighted by Gasteiger charge is -2.21. The van der Waals surface area contributed by atoms with Crippen LogP contribution in [0.4, 0.5) is 0 Å². The van der Waals surface area contributed by atoms with E-state index in [1.54, 1.807) is 7.11 Å². The number of carbonyl (C=O) groups excluding carboxylic acids is 1. The van der Waals surface area contributed by atoms with Crippen LogP contribution in [0.2, 0.25) is 0 Å². The van der Waals surface area contributed by atoms with Crippen molar-refractivity contribution in [1.29, 1.82) is 0 Å². The maximum absolute atomic E-state index is 13.3. The van der Waals surface area contributed by atoms with Crippen LogP contribution in [-0.2, 0) is 0 Å². The molecule has 4 aromatic carbocycles. The summed E-state index contributed by atoms with van der Waals surface area (Å²) in [5.74, 6) is 0.781. The smallest absolute Gasteiger partial charge is 0.224 e. The van der Waals surface area contributed by atoms with Crippen LogP contribution >= 0.6 is 19.7 Å². The average Bonchev–Trinajstić information content (AvgIpc) is 2.81. The van der Waals surface area contributed by atoms with E-state index >= 15 is 0 Å². The summed E-state index contributed by atoms with van der Waals surface area (Å²) in [4.78, 5) is 14.2. The van der Waals surface area contributed by atoms with Gasteiger partial charge >= 0.3 is 0 Å². The highest BCUT2D eigenvalue weighted by Gasteiger charge is 2.22. The van der Waals surface area contributed by atoms with Crippen LogP contribution in [0.15, 0.2) is 114 Å². The van der Waals surface area contributed by atoms with Gasteiger partial charge in [-0.2, -0.15) is 0 Å². The summed E-state index contributed by atoms with van der Waals surface area (Å²) in [6.45, 7) is 0. The number of hydrogen-bond acceptors (Lipinski definition) is 3. The van der Waals surface area contributed by atoms with Crippen molar-refractivity contribution in [2.24, 2.45) is 0 Å². The van der Waals surface area contributed by atoms with Crippen molar-refractivity contribution in [2.75, 3.05) is 7.11 Å². The summed E-state index contributed by atoms with van der Waals surface area (Å²) in [6, 6.07) is 36.5. The van der Waals surface area contributed by atoms with Crippen LogP contribution in [0.25, 0.3) is 0 Å². The highest BCUT2D eigenvalue weighted by molar-refractivity contribution is 8.14. The zero-order valence-corrected chi connectivity index (χ0v) is 18.3. The molecule has 0 spiro atoms. The molecule has 0 fully saturated rings. The van der Waals surface area contributed by atoms with E-state index < -0.39 is 7.92 Å². The highest BCUT2D eigenvalue weighted by atomic mass is 32.2.